The molecule has 0 aliphatic rings. The third-order valence-corrected chi connectivity index (χ3v) is 3.13. The predicted octanol–water partition coefficient (Wildman–Crippen LogP) is 4.83. The van der Waals surface area contributed by atoms with E-state index in [1.165, 1.54) is 12.1 Å². The second-order valence-corrected chi connectivity index (χ2v) is 4.53. The molecule has 0 bridgehead atoms. The van der Waals surface area contributed by atoms with E-state index in [9.17, 15) is 13.2 Å². The number of rotatable bonds is 2. The maximum atomic E-state index is 12.6. The van der Waals surface area contributed by atoms with Gasteiger partial charge in [-0.1, -0.05) is 48.0 Å². The molecular weight excluding hydrogens is 310 g/mol. The Labute approximate surface area is 126 Å². The van der Waals surface area contributed by atoms with Gasteiger partial charge in [-0.2, -0.15) is 13.2 Å². The van der Waals surface area contributed by atoms with Crippen molar-refractivity contribution in [3.63, 3.8) is 0 Å². The van der Waals surface area contributed by atoms with Crippen molar-refractivity contribution in [1.29, 1.82) is 0 Å². The van der Waals surface area contributed by atoms with Crippen LogP contribution in [-0.4, -0.2) is 0 Å². The fraction of sp³-hybridized carbons (Fsp3) is 0.143. The molecule has 0 radical (unpaired) electrons. The molecule has 0 saturated heterocycles. The van der Waals surface area contributed by atoms with Gasteiger partial charge in [0.2, 0.25) is 0 Å². The topological polar surface area (TPSA) is 26.0 Å². The van der Waals surface area contributed by atoms with E-state index in [1.807, 2.05) is 30.3 Å². The Morgan fingerprint density at radius 1 is 0.950 bits per heavy atom. The van der Waals surface area contributed by atoms with Crippen LogP contribution >= 0.6 is 24.0 Å². The molecule has 2 N–H and O–H groups in total. The molecular formula is C14H12Cl2F3N. The molecule has 0 aliphatic heterocycles. The Morgan fingerprint density at radius 3 is 2.05 bits per heavy atom. The Balaban J connectivity index is 0.00000200. The monoisotopic (exact) mass is 321 g/mol. The molecule has 0 fully saturated rings. The average Bonchev–Trinajstić information content (AvgIpc) is 2.37. The van der Waals surface area contributed by atoms with E-state index in [0.29, 0.717) is 5.56 Å². The number of nitrogens with two attached hydrogens (primary N) is 1. The van der Waals surface area contributed by atoms with Gasteiger partial charge >= 0.3 is 6.18 Å². The van der Waals surface area contributed by atoms with Crippen molar-refractivity contribution in [3.05, 3.63) is 70.2 Å². The molecule has 2 rings (SSSR count). The molecule has 108 valence electrons. The van der Waals surface area contributed by atoms with Crippen LogP contribution in [0.3, 0.4) is 0 Å². The van der Waals surface area contributed by atoms with Gasteiger partial charge in [0.15, 0.2) is 0 Å². The summed E-state index contributed by atoms with van der Waals surface area (Å²) in [7, 11) is 0. The summed E-state index contributed by atoms with van der Waals surface area (Å²) in [5.74, 6) is 0. The van der Waals surface area contributed by atoms with Crippen LogP contribution in [0.1, 0.15) is 22.7 Å². The van der Waals surface area contributed by atoms with Crippen LogP contribution < -0.4 is 5.73 Å². The summed E-state index contributed by atoms with van der Waals surface area (Å²) in [6, 6.07) is 12.2. The highest BCUT2D eigenvalue weighted by Gasteiger charge is 2.33. The molecule has 0 saturated carbocycles. The Morgan fingerprint density at radius 2 is 1.55 bits per heavy atom. The normalized spacial score (nSPS) is 12.7. The molecule has 2 aromatic rings. The first-order valence-electron chi connectivity index (χ1n) is 5.57. The summed E-state index contributed by atoms with van der Waals surface area (Å²) < 4.78 is 37.8. The summed E-state index contributed by atoms with van der Waals surface area (Å²) in [5, 5.41) is -0.337. The lowest BCUT2D eigenvalue weighted by Gasteiger charge is -2.15. The Kier molecular flexibility index (Phi) is 5.45. The molecule has 0 spiro atoms. The molecule has 1 unspecified atom stereocenters. The molecule has 0 heterocycles. The SMILES string of the molecule is Cl.NC(c1ccccc1)c1ccc(C(F)(F)F)c(Cl)c1. The van der Waals surface area contributed by atoms with Crippen molar-refractivity contribution < 1.29 is 13.2 Å². The summed E-state index contributed by atoms with van der Waals surface area (Å²) in [4.78, 5) is 0. The van der Waals surface area contributed by atoms with Crippen LogP contribution in [0, 0.1) is 0 Å². The minimum Gasteiger partial charge on any atom is -0.320 e. The minimum absolute atomic E-state index is 0. The largest absolute Gasteiger partial charge is 0.417 e. The summed E-state index contributed by atoms with van der Waals surface area (Å²) in [5.41, 5.74) is 6.52. The Hall–Kier alpha value is -1.23. The summed E-state index contributed by atoms with van der Waals surface area (Å²) in [6.07, 6.45) is -4.45. The van der Waals surface area contributed by atoms with E-state index in [4.69, 9.17) is 17.3 Å². The lowest BCUT2D eigenvalue weighted by Crippen LogP contribution is -2.13. The van der Waals surface area contributed by atoms with Crippen molar-refractivity contribution in [2.24, 2.45) is 5.73 Å². The third-order valence-electron chi connectivity index (χ3n) is 2.82. The maximum Gasteiger partial charge on any atom is 0.417 e. The number of hydrogen-bond acceptors (Lipinski definition) is 1. The molecule has 6 heteroatoms. The third kappa shape index (κ3) is 3.66. The molecule has 0 aliphatic carbocycles. The molecule has 2 aromatic carbocycles. The van der Waals surface area contributed by atoms with Gasteiger partial charge < -0.3 is 5.73 Å². The van der Waals surface area contributed by atoms with Gasteiger partial charge in [-0.25, -0.2) is 0 Å². The van der Waals surface area contributed by atoms with E-state index < -0.39 is 17.8 Å². The highest BCUT2D eigenvalue weighted by Crippen LogP contribution is 2.36. The van der Waals surface area contributed by atoms with Crippen LogP contribution in [0.25, 0.3) is 0 Å². The fourth-order valence-electron chi connectivity index (χ4n) is 1.81. The fourth-order valence-corrected chi connectivity index (χ4v) is 2.10. The molecule has 1 nitrogen and oxygen atoms in total. The lowest BCUT2D eigenvalue weighted by molar-refractivity contribution is -0.137. The standard InChI is InChI=1S/C14H11ClF3N.ClH/c15-12-8-10(6-7-11(12)14(16,17)18)13(19)9-4-2-1-3-5-9;/h1-8,13H,19H2;1H. The van der Waals surface area contributed by atoms with E-state index in [1.54, 1.807) is 0 Å². The van der Waals surface area contributed by atoms with Crippen LogP contribution in [0.2, 0.25) is 5.02 Å². The Bertz CT molecular complexity index is 570. The number of hydrogen-bond donors (Lipinski definition) is 1. The first kappa shape index (κ1) is 16.8. The zero-order valence-electron chi connectivity index (χ0n) is 10.2. The van der Waals surface area contributed by atoms with Crippen LogP contribution in [-0.2, 0) is 6.18 Å². The smallest absolute Gasteiger partial charge is 0.320 e. The maximum absolute atomic E-state index is 12.6. The van der Waals surface area contributed by atoms with Crippen LogP contribution in [0.15, 0.2) is 48.5 Å². The second-order valence-electron chi connectivity index (χ2n) is 4.13. The molecule has 1 atom stereocenters. The molecule has 0 amide bonds. The zero-order chi connectivity index (χ0) is 14.0. The highest BCUT2D eigenvalue weighted by molar-refractivity contribution is 6.31. The first-order chi connectivity index (χ1) is 8.89. The van der Waals surface area contributed by atoms with Crippen molar-refractivity contribution in [3.8, 4) is 0 Å². The lowest BCUT2D eigenvalue weighted by atomic mass is 9.98. The van der Waals surface area contributed by atoms with Gasteiger partial charge in [0.05, 0.1) is 16.6 Å². The number of benzene rings is 2. The van der Waals surface area contributed by atoms with Gasteiger partial charge in [0.1, 0.15) is 0 Å². The highest BCUT2D eigenvalue weighted by atomic mass is 35.5. The van der Waals surface area contributed by atoms with Gasteiger partial charge in [-0.3, -0.25) is 0 Å². The van der Waals surface area contributed by atoms with E-state index >= 15 is 0 Å². The van der Waals surface area contributed by atoms with Crippen LogP contribution in [0.4, 0.5) is 13.2 Å². The number of alkyl halides is 3. The molecule has 20 heavy (non-hydrogen) atoms. The van der Waals surface area contributed by atoms with Gasteiger partial charge in [-0.15, -0.1) is 12.4 Å². The quantitative estimate of drug-likeness (QED) is 0.842. The second kappa shape index (κ2) is 6.48. The van der Waals surface area contributed by atoms with E-state index in [-0.39, 0.29) is 17.4 Å². The van der Waals surface area contributed by atoms with E-state index in [2.05, 4.69) is 0 Å². The van der Waals surface area contributed by atoms with Gasteiger partial charge in [0.25, 0.3) is 0 Å². The van der Waals surface area contributed by atoms with Gasteiger partial charge in [0, 0.05) is 0 Å². The zero-order valence-corrected chi connectivity index (χ0v) is 11.8. The van der Waals surface area contributed by atoms with E-state index in [0.717, 1.165) is 11.6 Å². The number of halogens is 5. The minimum atomic E-state index is -4.45. The average molecular weight is 322 g/mol. The van der Waals surface area contributed by atoms with Gasteiger partial charge in [-0.05, 0) is 23.3 Å². The summed E-state index contributed by atoms with van der Waals surface area (Å²) in [6.45, 7) is 0. The van der Waals surface area contributed by atoms with Crippen molar-refractivity contribution in [2.45, 2.75) is 12.2 Å². The molecule has 0 aromatic heterocycles. The van der Waals surface area contributed by atoms with Crippen LogP contribution in [0.5, 0.6) is 0 Å². The van der Waals surface area contributed by atoms with Crippen molar-refractivity contribution in [2.75, 3.05) is 0 Å². The summed E-state index contributed by atoms with van der Waals surface area (Å²) >= 11 is 5.67. The van der Waals surface area contributed by atoms with Crippen molar-refractivity contribution in [1.82, 2.24) is 0 Å². The van der Waals surface area contributed by atoms with Crippen molar-refractivity contribution >= 4 is 24.0 Å². The predicted molar refractivity (Wildman–Crippen MR) is 76.2 cm³/mol. The first-order valence-corrected chi connectivity index (χ1v) is 5.94.